The second-order valence-electron chi connectivity index (χ2n) is 7.09. The maximum atomic E-state index is 10.4. The molecule has 1 aromatic rings. The fourth-order valence-electron chi connectivity index (χ4n) is 2.98. The lowest BCUT2D eigenvalue weighted by Gasteiger charge is -2.03. The maximum absolute atomic E-state index is 10.4. The van der Waals surface area contributed by atoms with Crippen molar-refractivity contribution in [2.24, 2.45) is 0 Å². The van der Waals surface area contributed by atoms with Gasteiger partial charge in [0.2, 0.25) is 0 Å². The van der Waals surface area contributed by atoms with E-state index in [9.17, 15) is 9.90 Å². The van der Waals surface area contributed by atoms with E-state index in [2.05, 4.69) is 25.1 Å². The molecular weight excluding hydrogens is 344 g/mol. The van der Waals surface area contributed by atoms with E-state index in [4.69, 9.17) is 5.11 Å². The average Bonchev–Trinajstić information content (AvgIpc) is 3.06. The molecule has 0 radical (unpaired) electrons. The van der Waals surface area contributed by atoms with Gasteiger partial charge in [-0.05, 0) is 43.9 Å². The summed E-state index contributed by atoms with van der Waals surface area (Å²) in [6.45, 7) is 2.18. The Morgan fingerprint density at radius 2 is 1.73 bits per heavy atom. The molecule has 0 amide bonds. The molecule has 1 rings (SSSR count). The Labute approximate surface area is 163 Å². The average molecular weight is 381 g/mol. The van der Waals surface area contributed by atoms with Crippen molar-refractivity contribution in [3.8, 4) is 0 Å². The molecule has 1 atom stereocenters. The molecule has 0 bridgehead atoms. The van der Waals surface area contributed by atoms with Crippen molar-refractivity contribution in [1.29, 1.82) is 0 Å². The summed E-state index contributed by atoms with van der Waals surface area (Å²) >= 11 is 1.83. The summed E-state index contributed by atoms with van der Waals surface area (Å²) in [5.74, 6) is -0.679. The van der Waals surface area contributed by atoms with E-state index in [-0.39, 0.29) is 6.10 Å². The van der Waals surface area contributed by atoms with Gasteiger partial charge in [-0.2, -0.15) is 0 Å². The van der Waals surface area contributed by atoms with Crippen LogP contribution < -0.4 is 0 Å². The number of unbranched alkanes of at least 4 members (excludes halogenated alkanes) is 8. The highest BCUT2D eigenvalue weighted by Gasteiger charge is 2.01. The second kappa shape index (κ2) is 15.0. The van der Waals surface area contributed by atoms with Crippen LogP contribution in [0.1, 0.15) is 93.7 Å². The molecule has 0 aliphatic carbocycles. The maximum Gasteiger partial charge on any atom is 0.303 e. The minimum Gasteiger partial charge on any atom is -0.481 e. The fourth-order valence-corrected chi connectivity index (χ4v) is 3.95. The normalized spacial score (nSPS) is 12.7. The third kappa shape index (κ3) is 12.3. The SMILES string of the molecule is CCCCCC(O)C=Cc1ccc(CCCCCCCCCC(=O)O)s1. The molecule has 0 aliphatic heterocycles. The van der Waals surface area contributed by atoms with Crippen LogP contribution in [-0.2, 0) is 11.2 Å². The molecule has 1 aromatic heterocycles. The largest absolute Gasteiger partial charge is 0.481 e. The number of aliphatic hydroxyl groups is 1. The Hall–Kier alpha value is -1.13. The molecule has 0 aliphatic rings. The quantitative estimate of drug-likeness (QED) is 0.324. The van der Waals surface area contributed by atoms with Crippen molar-refractivity contribution >= 4 is 23.4 Å². The van der Waals surface area contributed by atoms with Gasteiger partial charge in [0.05, 0.1) is 6.10 Å². The van der Waals surface area contributed by atoms with Crippen LogP contribution in [0.25, 0.3) is 6.08 Å². The molecule has 3 nitrogen and oxygen atoms in total. The first-order valence-electron chi connectivity index (χ1n) is 10.3. The molecule has 0 saturated carbocycles. The zero-order valence-corrected chi connectivity index (χ0v) is 17.1. The van der Waals surface area contributed by atoms with Gasteiger partial charge in [-0.25, -0.2) is 0 Å². The number of rotatable bonds is 16. The van der Waals surface area contributed by atoms with Crippen LogP contribution in [0.2, 0.25) is 0 Å². The van der Waals surface area contributed by atoms with Gasteiger partial charge in [-0.15, -0.1) is 11.3 Å². The van der Waals surface area contributed by atoms with E-state index < -0.39 is 5.97 Å². The van der Waals surface area contributed by atoms with E-state index in [1.165, 1.54) is 48.3 Å². The summed E-state index contributed by atoms with van der Waals surface area (Å²) in [6.07, 6.45) is 17.4. The number of carbonyl (C=O) groups is 1. The Morgan fingerprint density at radius 1 is 1.04 bits per heavy atom. The van der Waals surface area contributed by atoms with Gasteiger partial charge in [0.15, 0.2) is 0 Å². The number of aliphatic carboxylic acids is 1. The van der Waals surface area contributed by atoms with Crippen molar-refractivity contribution in [2.75, 3.05) is 0 Å². The predicted octanol–water partition coefficient (Wildman–Crippen LogP) is 6.45. The van der Waals surface area contributed by atoms with E-state index in [0.29, 0.717) is 6.42 Å². The molecular formula is C22H36O3S. The number of carboxylic acid groups (broad SMARTS) is 1. The highest BCUT2D eigenvalue weighted by Crippen LogP contribution is 2.21. The zero-order valence-electron chi connectivity index (χ0n) is 16.3. The molecule has 0 fully saturated rings. The van der Waals surface area contributed by atoms with Gasteiger partial charge < -0.3 is 10.2 Å². The van der Waals surface area contributed by atoms with Crippen LogP contribution in [0.5, 0.6) is 0 Å². The summed E-state index contributed by atoms with van der Waals surface area (Å²) < 4.78 is 0. The molecule has 0 saturated heterocycles. The monoisotopic (exact) mass is 380 g/mol. The molecule has 4 heteroatoms. The molecule has 1 heterocycles. The number of hydrogen-bond donors (Lipinski definition) is 2. The number of aryl methyl sites for hydroxylation is 1. The number of thiophene rings is 1. The van der Waals surface area contributed by atoms with Crippen LogP contribution in [0, 0.1) is 0 Å². The number of carboxylic acids is 1. The summed E-state index contributed by atoms with van der Waals surface area (Å²) in [7, 11) is 0. The smallest absolute Gasteiger partial charge is 0.303 e. The van der Waals surface area contributed by atoms with Gasteiger partial charge >= 0.3 is 5.97 Å². The Balaban J connectivity index is 2.07. The highest BCUT2D eigenvalue weighted by molar-refractivity contribution is 7.12. The van der Waals surface area contributed by atoms with Crippen LogP contribution >= 0.6 is 11.3 Å². The van der Waals surface area contributed by atoms with Crippen molar-refractivity contribution in [3.63, 3.8) is 0 Å². The topological polar surface area (TPSA) is 57.5 Å². The zero-order chi connectivity index (χ0) is 19.0. The Kier molecular flexibility index (Phi) is 13.2. The lowest BCUT2D eigenvalue weighted by molar-refractivity contribution is -0.137. The number of hydrogen-bond acceptors (Lipinski definition) is 3. The van der Waals surface area contributed by atoms with E-state index >= 15 is 0 Å². The predicted molar refractivity (Wildman–Crippen MR) is 112 cm³/mol. The first-order chi connectivity index (χ1) is 12.6. The summed E-state index contributed by atoms with van der Waals surface area (Å²) in [4.78, 5) is 13.1. The Bertz CT molecular complexity index is 507. The third-order valence-corrected chi connectivity index (χ3v) is 5.69. The lowest BCUT2D eigenvalue weighted by atomic mass is 10.1. The Morgan fingerprint density at radius 3 is 2.42 bits per heavy atom. The summed E-state index contributed by atoms with van der Waals surface area (Å²) in [6, 6.07) is 4.36. The van der Waals surface area contributed by atoms with Crippen molar-refractivity contribution in [2.45, 2.75) is 96.5 Å². The minimum atomic E-state index is -0.679. The molecule has 2 N–H and O–H groups in total. The van der Waals surface area contributed by atoms with Crippen LogP contribution in [0.4, 0.5) is 0 Å². The van der Waals surface area contributed by atoms with E-state index in [1.807, 2.05) is 17.4 Å². The first-order valence-corrected chi connectivity index (χ1v) is 11.1. The molecule has 26 heavy (non-hydrogen) atoms. The van der Waals surface area contributed by atoms with Gasteiger partial charge in [0.25, 0.3) is 0 Å². The third-order valence-electron chi connectivity index (χ3n) is 4.58. The fraction of sp³-hybridized carbons (Fsp3) is 0.682. The van der Waals surface area contributed by atoms with Crippen LogP contribution in [0.15, 0.2) is 18.2 Å². The lowest BCUT2D eigenvalue weighted by Crippen LogP contribution is -2.00. The first kappa shape index (κ1) is 22.9. The van der Waals surface area contributed by atoms with E-state index in [1.54, 1.807) is 0 Å². The molecule has 0 aromatic carbocycles. The second-order valence-corrected chi connectivity index (χ2v) is 8.29. The van der Waals surface area contributed by atoms with Crippen molar-refractivity contribution < 1.29 is 15.0 Å². The molecule has 0 spiro atoms. The molecule has 148 valence electrons. The van der Waals surface area contributed by atoms with Crippen LogP contribution in [-0.4, -0.2) is 22.3 Å². The van der Waals surface area contributed by atoms with Crippen molar-refractivity contribution in [3.05, 3.63) is 28.0 Å². The number of aliphatic hydroxyl groups excluding tert-OH is 1. The van der Waals surface area contributed by atoms with Crippen LogP contribution in [0.3, 0.4) is 0 Å². The van der Waals surface area contributed by atoms with Crippen molar-refractivity contribution in [1.82, 2.24) is 0 Å². The minimum absolute atomic E-state index is 0.310. The summed E-state index contributed by atoms with van der Waals surface area (Å²) in [5.41, 5.74) is 0. The van der Waals surface area contributed by atoms with Gasteiger partial charge in [0.1, 0.15) is 0 Å². The van der Waals surface area contributed by atoms with Gasteiger partial charge in [-0.3, -0.25) is 4.79 Å². The molecule has 1 unspecified atom stereocenters. The van der Waals surface area contributed by atoms with E-state index in [0.717, 1.165) is 38.5 Å². The highest BCUT2D eigenvalue weighted by atomic mass is 32.1. The standard InChI is InChI=1S/C22H36O3S/c1-2-3-9-12-19(23)15-16-21-18-17-20(26-21)13-10-7-5-4-6-8-11-14-22(24)25/h15-19,23H,2-14H2,1H3,(H,24,25). The summed E-state index contributed by atoms with van der Waals surface area (Å²) in [5, 5.41) is 18.5. The van der Waals surface area contributed by atoms with Gasteiger partial charge in [0, 0.05) is 16.2 Å². The van der Waals surface area contributed by atoms with Gasteiger partial charge in [-0.1, -0.05) is 64.4 Å².